The Hall–Kier alpha value is -1.06. The first-order valence-corrected chi connectivity index (χ1v) is 9.03. The zero-order chi connectivity index (χ0) is 15.7. The molecule has 1 unspecified atom stereocenters. The van der Waals surface area contributed by atoms with Gasteiger partial charge in [0, 0.05) is 38.5 Å². The van der Waals surface area contributed by atoms with Gasteiger partial charge in [0.05, 0.1) is 5.92 Å². The molecule has 2 amide bonds. The van der Waals surface area contributed by atoms with E-state index in [1.54, 1.807) is 4.90 Å². The fraction of sp³-hybridized carbons (Fsp3) is 0.889. The number of amides is 2. The Morgan fingerprint density at radius 3 is 2.23 bits per heavy atom. The van der Waals surface area contributed by atoms with Crippen molar-refractivity contribution in [1.82, 2.24) is 9.80 Å². The van der Waals surface area contributed by atoms with Crippen LogP contribution in [0.25, 0.3) is 0 Å². The lowest BCUT2D eigenvalue weighted by molar-refractivity contribution is -0.136. The number of nitrogens with zero attached hydrogens (tertiary/aromatic N) is 2. The van der Waals surface area contributed by atoms with Crippen LogP contribution in [0.15, 0.2) is 0 Å². The Morgan fingerprint density at radius 2 is 1.64 bits per heavy atom. The quantitative estimate of drug-likeness (QED) is 0.787. The molecule has 3 rings (SSSR count). The normalized spacial score (nSPS) is 28.3. The highest BCUT2D eigenvalue weighted by Crippen LogP contribution is 2.50. The molecule has 1 atom stereocenters. The molecule has 0 N–H and O–H groups in total. The Balaban J connectivity index is 1.75. The highest BCUT2D eigenvalue weighted by molar-refractivity contribution is 5.84. The van der Waals surface area contributed by atoms with Gasteiger partial charge in [-0.25, -0.2) is 0 Å². The molecular weight excluding hydrogens is 276 g/mol. The first-order valence-electron chi connectivity index (χ1n) is 9.03. The molecule has 2 aliphatic carbocycles. The summed E-state index contributed by atoms with van der Waals surface area (Å²) in [5.41, 5.74) is 0.0751. The second kappa shape index (κ2) is 6.21. The molecule has 22 heavy (non-hydrogen) atoms. The third-order valence-electron chi connectivity index (χ3n) is 6.25. The third-order valence-corrected chi connectivity index (χ3v) is 6.25. The average Bonchev–Trinajstić information content (AvgIpc) is 3.15. The van der Waals surface area contributed by atoms with Gasteiger partial charge in [-0.3, -0.25) is 9.59 Å². The van der Waals surface area contributed by atoms with Gasteiger partial charge in [-0.05, 0) is 25.7 Å². The summed E-state index contributed by atoms with van der Waals surface area (Å²) in [5.74, 6) is 0.804. The van der Waals surface area contributed by atoms with Gasteiger partial charge >= 0.3 is 0 Å². The smallest absolute Gasteiger partial charge is 0.227 e. The van der Waals surface area contributed by atoms with Crippen molar-refractivity contribution in [3.8, 4) is 0 Å². The molecule has 0 radical (unpaired) electrons. The van der Waals surface area contributed by atoms with E-state index < -0.39 is 0 Å². The lowest BCUT2D eigenvalue weighted by Gasteiger charge is -2.30. The van der Waals surface area contributed by atoms with Crippen LogP contribution < -0.4 is 0 Å². The molecule has 3 fully saturated rings. The number of hydrogen-bond acceptors (Lipinski definition) is 2. The van der Waals surface area contributed by atoms with Gasteiger partial charge in [-0.2, -0.15) is 0 Å². The summed E-state index contributed by atoms with van der Waals surface area (Å²) < 4.78 is 0. The SMILES string of the molecule is CN(C)C(=O)C1CN(C(=O)C2CCCCC2)CC12CCCC2. The van der Waals surface area contributed by atoms with Crippen molar-refractivity contribution < 1.29 is 9.59 Å². The molecule has 0 aromatic rings. The van der Waals surface area contributed by atoms with Crippen LogP contribution in [-0.4, -0.2) is 48.8 Å². The van der Waals surface area contributed by atoms with Crippen LogP contribution in [0.2, 0.25) is 0 Å². The largest absolute Gasteiger partial charge is 0.349 e. The average molecular weight is 306 g/mol. The number of carbonyl (C=O) groups excluding carboxylic acids is 2. The van der Waals surface area contributed by atoms with Gasteiger partial charge in [0.15, 0.2) is 0 Å². The van der Waals surface area contributed by atoms with Gasteiger partial charge in [0.2, 0.25) is 11.8 Å². The summed E-state index contributed by atoms with van der Waals surface area (Å²) in [4.78, 5) is 29.3. The maximum Gasteiger partial charge on any atom is 0.227 e. The lowest BCUT2D eigenvalue weighted by atomic mass is 9.76. The van der Waals surface area contributed by atoms with Crippen molar-refractivity contribution in [2.45, 2.75) is 57.8 Å². The second-order valence-electron chi connectivity index (χ2n) is 7.91. The van der Waals surface area contributed by atoms with Crippen molar-refractivity contribution in [2.24, 2.45) is 17.3 Å². The standard InChI is InChI=1S/C18H30N2O2/c1-19(2)17(22)15-12-20(13-18(15)10-6-7-11-18)16(21)14-8-4-3-5-9-14/h14-15H,3-13H2,1-2H3. The first kappa shape index (κ1) is 15.8. The van der Waals surface area contributed by atoms with E-state index in [2.05, 4.69) is 0 Å². The van der Waals surface area contributed by atoms with E-state index in [1.165, 1.54) is 32.1 Å². The second-order valence-corrected chi connectivity index (χ2v) is 7.91. The number of rotatable bonds is 2. The molecule has 1 saturated heterocycles. The van der Waals surface area contributed by atoms with Crippen molar-refractivity contribution in [3.05, 3.63) is 0 Å². The van der Waals surface area contributed by atoms with E-state index >= 15 is 0 Å². The van der Waals surface area contributed by atoms with Crippen LogP contribution in [0.3, 0.4) is 0 Å². The predicted molar refractivity (Wildman–Crippen MR) is 86.2 cm³/mol. The summed E-state index contributed by atoms with van der Waals surface area (Å²) in [6, 6.07) is 0. The Labute approximate surface area is 134 Å². The van der Waals surface area contributed by atoms with Crippen LogP contribution in [0.1, 0.15) is 57.8 Å². The highest BCUT2D eigenvalue weighted by atomic mass is 16.2. The van der Waals surface area contributed by atoms with E-state index in [9.17, 15) is 9.59 Å². The van der Waals surface area contributed by atoms with Crippen LogP contribution in [0, 0.1) is 17.3 Å². The zero-order valence-electron chi connectivity index (χ0n) is 14.1. The topological polar surface area (TPSA) is 40.6 Å². The maximum atomic E-state index is 12.9. The molecule has 4 heteroatoms. The molecule has 0 bridgehead atoms. The minimum Gasteiger partial charge on any atom is -0.349 e. The molecule has 1 aliphatic heterocycles. The van der Waals surface area contributed by atoms with Gasteiger partial charge in [0.25, 0.3) is 0 Å². The molecule has 3 aliphatic rings. The zero-order valence-corrected chi connectivity index (χ0v) is 14.1. The number of likely N-dealkylation sites (tertiary alicyclic amines) is 1. The summed E-state index contributed by atoms with van der Waals surface area (Å²) in [6.45, 7) is 1.49. The summed E-state index contributed by atoms with van der Waals surface area (Å²) in [5, 5.41) is 0. The molecule has 1 spiro atoms. The first-order chi connectivity index (χ1) is 10.5. The molecule has 0 aromatic heterocycles. The highest BCUT2D eigenvalue weighted by Gasteiger charge is 2.53. The summed E-state index contributed by atoms with van der Waals surface area (Å²) in [7, 11) is 3.69. The van der Waals surface area contributed by atoms with Crippen LogP contribution >= 0.6 is 0 Å². The van der Waals surface area contributed by atoms with Crippen molar-refractivity contribution in [3.63, 3.8) is 0 Å². The van der Waals surface area contributed by atoms with E-state index in [1.807, 2.05) is 19.0 Å². The Bertz CT molecular complexity index is 434. The summed E-state index contributed by atoms with van der Waals surface area (Å²) >= 11 is 0. The van der Waals surface area contributed by atoms with E-state index in [0.717, 1.165) is 32.2 Å². The van der Waals surface area contributed by atoms with Crippen molar-refractivity contribution >= 4 is 11.8 Å². The van der Waals surface area contributed by atoms with E-state index in [4.69, 9.17) is 0 Å². The number of hydrogen-bond donors (Lipinski definition) is 0. The fourth-order valence-corrected chi connectivity index (χ4v) is 4.98. The van der Waals surface area contributed by atoms with Crippen molar-refractivity contribution in [1.29, 1.82) is 0 Å². The minimum absolute atomic E-state index is 0.0255. The molecule has 2 saturated carbocycles. The molecule has 124 valence electrons. The fourth-order valence-electron chi connectivity index (χ4n) is 4.98. The molecular formula is C18H30N2O2. The monoisotopic (exact) mass is 306 g/mol. The van der Waals surface area contributed by atoms with E-state index in [-0.39, 0.29) is 23.2 Å². The van der Waals surface area contributed by atoms with Gasteiger partial charge < -0.3 is 9.80 Å². The van der Waals surface area contributed by atoms with Gasteiger partial charge in [-0.15, -0.1) is 0 Å². The van der Waals surface area contributed by atoms with Crippen molar-refractivity contribution in [2.75, 3.05) is 27.2 Å². The van der Waals surface area contributed by atoms with Crippen LogP contribution in [0.4, 0.5) is 0 Å². The van der Waals surface area contributed by atoms with Gasteiger partial charge in [0.1, 0.15) is 0 Å². The van der Waals surface area contributed by atoms with E-state index in [0.29, 0.717) is 12.5 Å². The molecule has 1 heterocycles. The lowest BCUT2D eigenvalue weighted by Crippen LogP contribution is -2.39. The Morgan fingerprint density at radius 1 is 1.00 bits per heavy atom. The third kappa shape index (κ3) is 2.77. The summed E-state index contributed by atoms with van der Waals surface area (Å²) in [6.07, 6.45) is 10.4. The molecule has 4 nitrogen and oxygen atoms in total. The number of carbonyl (C=O) groups is 2. The Kier molecular flexibility index (Phi) is 4.47. The van der Waals surface area contributed by atoms with Gasteiger partial charge in [-0.1, -0.05) is 32.1 Å². The van der Waals surface area contributed by atoms with Crippen LogP contribution in [-0.2, 0) is 9.59 Å². The maximum absolute atomic E-state index is 12.9. The predicted octanol–water partition coefficient (Wildman–Crippen LogP) is 2.67. The molecule has 0 aromatic carbocycles. The minimum atomic E-state index is 0.0255. The van der Waals surface area contributed by atoms with Crippen LogP contribution in [0.5, 0.6) is 0 Å².